The Balaban J connectivity index is 0.837. The second-order valence-electron chi connectivity index (χ2n) is 18.0. The van der Waals surface area contributed by atoms with Crippen LogP contribution >= 0.6 is 0 Å². The molecule has 0 unspecified atom stereocenters. The minimum Gasteiger partial charge on any atom is -0.456 e. The first-order valence-electron chi connectivity index (χ1n) is 20.6. The third kappa shape index (κ3) is 6.10. The number of fused-ring (bicyclic) bond motifs is 6. The van der Waals surface area contributed by atoms with Gasteiger partial charge in [-0.15, -0.1) is 0 Å². The molecular weight excluding hydrogens is 729 g/mol. The Bertz CT molecular complexity index is 2740. The van der Waals surface area contributed by atoms with Crippen LogP contribution in [0.25, 0.3) is 55.4 Å². The summed E-state index contributed by atoms with van der Waals surface area (Å²) in [6.45, 7) is 6.68. The predicted octanol–water partition coefficient (Wildman–Crippen LogP) is 10.8. The first-order chi connectivity index (χ1) is 28.1. The maximum Gasteiger partial charge on any atom is 0.411 e. The molecule has 1 spiro atoms. The molecule has 2 aliphatic carbocycles. The van der Waals surface area contributed by atoms with Gasteiger partial charge in [-0.1, -0.05) is 48.5 Å². The minimum atomic E-state index is -0.556. The molecular formula is C47H46N6O5. The van der Waals surface area contributed by atoms with E-state index in [2.05, 4.69) is 58.5 Å². The number of ether oxygens (including phenoxy) is 2. The number of likely N-dealkylation sites (tertiary alicyclic amines) is 2. The predicted molar refractivity (Wildman–Crippen MR) is 221 cm³/mol. The summed E-state index contributed by atoms with van der Waals surface area (Å²) in [6.07, 6.45) is 7.52. The summed E-state index contributed by atoms with van der Waals surface area (Å²) in [4.78, 5) is 47.4. The first kappa shape index (κ1) is 35.1. The van der Waals surface area contributed by atoms with Crippen LogP contribution in [0.15, 0.2) is 95.5 Å². The summed E-state index contributed by atoms with van der Waals surface area (Å²) < 4.78 is 18.1. The van der Waals surface area contributed by atoms with E-state index in [0.717, 1.165) is 111 Å². The van der Waals surface area contributed by atoms with Gasteiger partial charge in [0.2, 0.25) is 0 Å². The third-order valence-corrected chi connectivity index (χ3v) is 12.9. The molecule has 5 heterocycles. The van der Waals surface area contributed by atoms with Crippen molar-refractivity contribution in [2.24, 2.45) is 11.3 Å². The monoisotopic (exact) mass is 774 g/mol. The average molecular weight is 775 g/mol. The Labute approximate surface area is 335 Å². The van der Waals surface area contributed by atoms with Crippen molar-refractivity contribution in [1.82, 2.24) is 29.7 Å². The van der Waals surface area contributed by atoms with Crippen molar-refractivity contribution in [3.05, 3.63) is 108 Å². The number of piperidine rings is 1. The standard InChI is InChI=1S/C47H46N6O5/c1-46(2,3)58-45(55)53-32-13-9-31(19-32)41(53)43-49-35-16-12-28(20-36(35)50-43)29-10-14-33-34-15-11-30(22-40(34)57-39(33)21-29)37-24-48-42(51-37)38-23-47(17-18-47)26-52(38)44(54)56-25-27-7-5-4-6-8-27/h4-8,10-12,14-16,20-22,24,31-32,38,41H,9,13,17-19,23,25-26H2,1-3H3,(H,48,51)(H,49,50)/t31-,32+,38+,41-/m0/s1. The van der Waals surface area contributed by atoms with Gasteiger partial charge in [0, 0.05) is 28.9 Å². The molecule has 4 fully saturated rings. The van der Waals surface area contributed by atoms with Gasteiger partial charge in [0.05, 0.1) is 35.0 Å². The highest BCUT2D eigenvalue weighted by atomic mass is 16.6. The highest BCUT2D eigenvalue weighted by molar-refractivity contribution is 6.07. The lowest BCUT2D eigenvalue weighted by atomic mass is 9.98. The lowest BCUT2D eigenvalue weighted by molar-refractivity contribution is 0.00622. The number of nitrogens with zero attached hydrogens (tertiary/aromatic N) is 4. The maximum atomic E-state index is 13.4. The summed E-state index contributed by atoms with van der Waals surface area (Å²) in [5, 5.41) is 2.09. The molecule has 4 aliphatic rings. The van der Waals surface area contributed by atoms with Crippen molar-refractivity contribution < 1.29 is 23.5 Å². The van der Waals surface area contributed by atoms with Crippen molar-refractivity contribution in [3.8, 4) is 22.4 Å². The van der Waals surface area contributed by atoms with Gasteiger partial charge in [-0.05, 0) is 124 Å². The molecule has 11 nitrogen and oxygen atoms in total. The molecule has 294 valence electrons. The molecule has 2 bridgehead atoms. The average Bonchev–Trinajstić information content (AvgIpc) is 3.90. The molecule has 2 amide bonds. The quantitative estimate of drug-likeness (QED) is 0.172. The molecule has 4 atom stereocenters. The molecule has 11 rings (SSSR count). The van der Waals surface area contributed by atoms with Crippen molar-refractivity contribution in [2.75, 3.05) is 6.54 Å². The molecule has 11 heteroatoms. The molecule has 0 radical (unpaired) electrons. The molecule has 2 N–H and O–H groups in total. The summed E-state index contributed by atoms with van der Waals surface area (Å²) >= 11 is 0. The van der Waals surface area contributed by atoms with E-state index in [9.17, 15) is 9.59 Å². The third-order valence-electron chi connectivity index (χ3n) is 12.9. The maximum absolute atomic E-state index is 13.4. The second-order valence-corrected chi connectivity index (χ2v) is 18.0. The summed E-state index contributed by atoms with van der Waals surface area (Å²) in [5.41, 5.74) is 7.91. The number of carbonyl (C=O) groups is 2. The Morgan fingerprint density at radius 1 is 0.862 bits per heavy atom. The van der Waals surface area contributed by atoms with E-state index in [-0.39, 0.29) is 42.3 Å². The molecule has 2 saturated carbocycles. The smallest absolute Gasteiger partial charge is 0.411 e. The van der Waals surface area contributed by atoms with Gasteiger partial charge in [0.25, 0.3) is 0 Å². The Morgan fingerprint density at radius 2 is 1.60 bits per heavy atom. The number of imidazole rings is 2. The van der Waals surface area contributed by atoms with Crippen LogP contribution in [0.2, 0.25) is 0 Å². The van der Waals surface area contributed by atoms with Crippen LogP contribution in [0, 0.1) is 11.3 Å². The minimum absolute atomic E-state index is 0.115. The highest BCUT2D eigenvalue weighted by Crippen LogP contribution is 2.58. The van der Waals surface area contributed by atoms with Crippen LogP contribution in [0.4, 0.5) is 9.59 Å². The van der Waals surface area contributed by atoms with Crippen LogP contribution in [-0.2, 0) is 16.1 Å². The van der Waals surface area contributed by atoms with E-state index in [4.69, 9.17) is 23.9 Å². The van der Waals surface area contributed by atoms with Crippen LogP contribution in [0.5, 0.6) is 0 Å². The number of benzene rings is 4. The number of rotatable bonds is 6. The van der Waals surface area contributed by atoms with Crippen LogP contribution in [0.3, 0.4) is 0 Å². The largest absolute Gasteiger partial charge is 0.456 e. The van der Waals surface area contributed by atoms with Gasteiger partial charge in [0.1, 0.15) is 35.0 Å². The summed E-state index contributed by atoms with van der Waals surface area (Å²) in [5.74, 6) is 1.98. The van der Waals surface area contributed by atoms with Crippen molar-refractivity contribution >= 4 is 45.2 Å². The Hall–Kier alpha value is -6.10. The summed E-state index contributed by atoms with van der Waals surface area (Å²) in [7, 11) is 0. The molecule has 2 aliphatic heterocycles. The normalized spacial score (nSPS) is 22.2. The fourth-order valence-corrected chi connectivity index (χ4v) is 9.88. The highest BCUT2D eigenvalue weighted by Gasteiger charge is 2.55. The lowest BCUT2D eigenvalue weighted by Gasteiger charge is -2.35. The SMILES string of the molecule is CC(C)(C)OC(=O)N1[C@@H]2CC[C@@H](C2)[C@H]1c1nc2ccc(-c3ccc4c(c3)oc3cc(-c5cnc([C@H]6CC7(CC7)CN6C(=O)OCc6ccccc6)[nH]5)ccc34)cc2[nH]1. The number of hydrogen-bond donors (Lipinski definition) is 2. The zero-order valence-electron chi connectivity index (χ0n) is 33.0. The van der Waals surface area contributed by atoms with Crippen molar-refractivity contribution in [2.45, 2.75) is 89.6 Å². The molecule has 58 heavy (non-hydrogen) atoms. The van der Waals surface area contributed by atoms with Crippen molar-refractivity contribution in [1.29, 1.82) is 0 Å². The summed E-state index contributed by atoms with van der Waals surface area (Å²) in [6, 6.07) is 28.6. The number of amides is 2. The van der Waals surface area contributed by atoms with Gasteiger partial charge in [-0.2, -0.15) is 0 Å². The van der Waals surface area contributed by atoms with Crippen LogP contribution in [0.1, 0.15) is 88.6 Å². The van der Waals surface area contributed by atoms with E-state index >= 15 is 0 Å². The molecule has 4 aromatic carbocycles. The lowest BCUT2D eigenvalue weighted by Crippen LogP contribution is -2.43. The fraction of sp³-hybridized carbons (Fsp3) is 0.362. The van der Waals surface area contributed by atoms with E-state index in [1.165, 1.54) is 0 Å². The van der Waals surface area contributed by atoms with E-state index in [1.54, 1.807) is 0 Å². The number of carbonyl (C=O) groups excluding carboxylic acids is 2. The number of H-pyrrole nitrogens is 2. The molecule has 2 saturated heterocycles. The van der Waals surface area contributed by atoms with E-state index < -0.39 is 5.60 Å². The number of hydrogen-bond acceptors (Lipinski definition) is 7. The fourth-order valence-electron chi connectivity index (χ4n) is 9.88. The van der Waals surface area contributed by atoms with Gasteiger partial charge in [0.15, 0.2) is 0 Å². The number of furan rings is 1. The van der Waals surface area contributed by atoms with Gasteiger partial charge >= 0.3 is 12.2 Å². The van der Waals surface area contributed by atoms with Gasteiger partial charge in [-0.25, -0.2) is 19.6 Å². The van der Waals surface area contributed by atoms with Gasteiger partial charge in [-0.3, -0.25) is 9.80 Å². The van der Waals surface area contributed by atoms with Crippen molar-refractivity contribution in [3.63, 3.8) is 0 Å². The first-order valence-corrected chi connectivity index (χ1v) is 20.6. The zero-order chi connectivity index (χ0) is 39.3. The number of aromatic amines is 2. The topological polar surface area (TPSA) is 130 Å². The zero-order valence-corrected chi connectivity index (χ0v) is 33.0. The molecule has 7 aromatic rings. The number of aromatic nitrogens is 4. The Morgan fingerprint density at radius 3 is 2.38 bits per heavy atom. The Kier molecular flexibility index (Phi) is 7.84. The second kappa shape index (κ2) is 13.0. The van der Waals surface area contributed by atoms with Crippen LogP contribution < -0.4 is 0 Å². The van der Waals surface area contributed by atoms with E-state index in [0.29, 0.717) is 12.5 Å². The van der Waals surface area contributed by atoms with Gasteiger partial charge < -0.3 is 23.9 Å². The van der Waals surface area contributed by atoms with Crippen LogP contribution in [-0.4, -0.2) is 60.1 Å². The number of nitrogens with one attached hydrogen (secondary N) is 2. The molecule has 3 aromatic heterocycles. The van der Waals surface area contributed by atoms with E-state index in [1.807, 2.05) is 73.2 Å².